The molecule has 1 aromatic rings. The van der Waals surface area contributed by atoms with Gasteiger partial charge in [-0.3, -0.25) is 4.79 Å². The molecule has 0 heterocycles. The molecular formula is C13H12BrN3O2. The van der Waals surface area contributed by atoms with Gasteiger partial charge in [-0.2, -0.15) is 5.26 Å². The summed E-state index contributed by atoms with van der Waals surface area (Å²) in [5.41, 5.74) is 0.252. The molecule has 0 aromatic heterocycles. The molecule has 0 aliphatic heterocycles. The van der Waals surface area contributed by atoms with Crippen molar-refractivity contribution in [2.45, 2.75) is 6.92 Å². The quantitative estimate of drug-likeness (QED) is 0.507. The van der Waals surface area contributed by atoms with Crippen LogP contribution < -0.4 is 10.6 Å². The molecule has 19 heavy (non-hydrogen) atoms. The SMILES string of the molecule is CCNC(=O)NC=C(C#N)C(=O)c1ccc(Br)cc1. The molecule has 0 unspecified atom stereocenters. The number of rotatable bonds is 4. The molecule has 1 aromatic carbocycles. The largest absolute Gasteiger partial charge is 0.338 e. The van der Waals surface area contributed by atoms with Crippen molar-refractivity contribution in [2.75, 3.05) is 6.54 Å². The number of hydrogen-bond acceptors (Lipinski definition) is 3. The Kier molecular flexibility index (Phi) is 5.76. The van der Waals surface area contributed by atoms with Crippen LogP contribution in [0, 0.1) is 11.3 Å². The Morgan fingerprint density at radius 1 is 1.37 bits per heavy atom. The van der Waals surface area contributed by atoms with Crippen LogP contribution in [0.5, 0.6) is 0 Å². The maximum atomic E-state index is 12.0. The summed E-state index contributed by atoms with van der Waals surface area (Å²) in [7, 11) is 0. The molecule has 6 heteroatoms. The number of urea groups is 1. The lowest BCUT2D eigenvalue weighted by atomic mass is 10.1. The molecule has 0 atom stereocenters. The van der Waals surface area contributed by atoms with E-state index in [0.29, 0.717) is 12.1 Å². The number of hydrogen-bond donors (Lipinski definition) is 2. The third-order valence-corrected chi connectivity index (χ3v) is 2.69. The number of Topliss-reactive ketones (excluding diaryl/α,β-unsaturated/α-hetero) is 1. The summed E-state index contributed by atoms with van der Waals surface area (Å²) in [6.07, 6.45) is 1.11. The second kappa shape index (κ2) is 7.34. The maximum absolute atomic E-state index is 12.0. The van der Waals surface area contributed by atoms with Crippen molar-refractivity contribution in [3.05, 3.63) is 46.1 Å². The topological polar surface area (TPSA) is 82.0 Å². The van der Waals surface area contributed by atoms with Crippen molar-refractivity contribution in [3.8, 4) is 6.07 Å². The maximum Gasteiger partial charge on any atom is 0.318 e. The molecule has 0 spiro atoms. The van der Waals surface area contributed by atoms with Crippen LogP contribution in [0.4, 0.5) is 4.79 Å². The first-order valence-electron chi connectivity index (χ1n) is 5.53. The van der Waals surface area contributed by atoms with Crippen LogP contribution in [0.25, 0.3) is 0 Å². The minimum absolute atomic E-state index is 0.131. The lowest BCUT2D eigenvalue weighted by Crippen LogP contribution is -2.32. The van der Waals surface area contributed by atoms with Crippen LogP contribution in [0.2, 0.25) is 0 Å². The first-order valence-corrected chi connectivity index (χ1v) is 6.32. The van der Waals surface area contributed by atoms with Crippen LogP contribution in [0.1, 0.15) is 17.3 Å². The second-order valence-corrected chi connectivity index (χ2v) is 4.43. The zero-order valence-electron chi connectivity index (χ0n) is 10.2. The van der Waals surface area contributed by atoms with Gasteiger partial charge in [-0.05, 0) is 31.2 Å². The number of carbonyl (C=O) groups excluding carboxylic acids is 2. The minimum atomic E-state index is -0.459. The Balaban J connectivity index is 2.83. The number of amides is 2. The number of benzene rings is 1. The van der Waals surface area contributed by atoms with Gasteiger partial charge in [-0.1, -0.05) is 15.9 Å². The molecule has 1 rings (SSSR count). The van der Waals surface area contributed by atoms with Gasteiger partial charge >= 0.3 is 6.03 Å². The molecule has 98 valence electrons. The van der Waals surface area contributed by atoms with Gasteiger partial charge < -0.3 is 10.6 Å². The molecule has 0 fully saturated rings. The van der Waals surface area contributed by atoms with E-state index >= 15 is 0 Å². The molecule has 5 nitrogen and oxygen atoms in total. The van der Waals surface area contributed by atoms with Gasteiger partial charge in [-0.15, -0.1) is 0 Å². The van der Waals surface area contributed by atoms with E-state index in [-0.39, 0.29) is 5.57 Å². The highest BCUT2D eigenvalue weighted by molar-refractivity contribution is 9.10. The Labute approximate surface area is 119 Å². The molecule has 0 aliphatic carbocycles. The number of nitrogens with one attached hydrogen (secondary N) is 2. The van der Waals surface area contributed by atoms with Gasteiger partial charge in [0, 0.05) is 22.8 Å². The van der Waals surface area contributed by atoms with Gasteiger partial charge in [0.05, 0.1) is 0 Å². The summed E-state index contributed by atoms with van der Waals surface area (Å²) in [5.74, 6) is -0.438. The zero-order valence-corrected chi connectivity index (χ0v) is 11.8. The molecular weight excluding hydrogens is 310 g/mol. The molecule has 2 N–H and O–H groups in total. The first kappa shape index (κ1) is 14.9. The van der Waals surface area contributed by atoms with Crippen LogP contribution in [0.3, 0.4) is 0 Å². The van der Waals surface area contributed by atoms with E-state index in [0.717, 1.165) is 10.7 Å². The molecule has 0 aliphatic rings. The predicted molar refractivity (Wildman–Crippen MR) is 74.4 cm³/mol. The summed E-state index contributed by atoms with van der Waals surface area (Å²) < 4.78 is 0.840. The van der Waals surface area contributed by atoms with Crippen LogP contribution in [0.15, 0.2) is 40.5 Å². The van der Waals surface area contributed by atoms with E-state index in [1.54, 1.807) is 37.3 Å². The molecule has 0 saturated heterocycles. The van der Waals surface area contributed by atoms with Crippen molar-refractivity contribution in [2.24, 2.45) is 0 Å². The second-order valence-electron chi connectivity index (χ2n) is 3.51. The van der Waals surface area contributed by atoms with Crippen molar-refractivity contribution < 1.29 is 9.59 Å². The Morgan fingerprint density at radius 3 is 2.53 bits per heavy atom. The van der Waals surface area contributed by atoms with Gasteiger partial charge in [0.15, 0.2) is 0 Å². The summed E-state index contributed by atoms with van der Waals surface area (Å²) in [5, 5.41) is 13.8. The summed E-state index contributed by atoms with van der Waals surface area (Å²) >= 11 is 3.26. The average Bonchev–Trinajstić information content (AvgIpc) is 2.40. The van der Waals surface area contributed by atoms with Crippen molar-refractivity contribution in [3.63, 3.8) is 0 Å². The fraction of sp³-hybridized carbons (Fsp3) is 0.154. The third kappa shape index (κ3) is 4.56. The lowest BCUT2D eigenvalue weighted by Gasteiger charge is -2.02. The average molecular weight is 322 g/mol. The summed E-state index contributed by atoms with van der Waals surface area (Å²) in [6, 6.07) is 7.93. The predicted octanol–water partition coefficient (Wildman–Crippen LogP) is 2.36. The van der Waals surface area contributed by atoms with Crippen molar-refractivity contribution in [1.29, 1.82) is 5.26 Å². The summed E-state index contributed by atoms with van der Waals surface area (Å²) in [4.78, 5) is 23.2. The van der Waals surface area contributed by atoms with Gasteiger partial charge in [0.1, 0.15) is 11.6 Å². The highest BCUT2D eigenvalue weighted by Gasteiger charge is 2.12. The molecule has 0 radical (unpaired) electrons. The van der Waals surface area contributed by atoms with E-state index in [9.17, 15) is 9.59 Å². The van der Waals surface area contributed by atoms with Gasteiger partial charge in [0.2, 0.25) is 5.78 Å². The van der Waals surface area contributed by atoms with E-state index in [1.165, 1.54) is 0 Å². The lowest BCUT2D eigenvalue weighted by molar-refractivity contribution is 0.103. The van der Waals surface area contributed by atoms with E-state index in [2.05, 4.69) is 26.6 Å². The number of nitriles is 1. The minimum Gasteiger partial charge on any atom is -0.338 e. The Bertz CT molecular complexity index is 544. The monoisotopic (exact) mass is 321 g/mol. The van der Waals surface area contributed by atoms with Gasteiger partial charge in [0.25, 0.3) is 0 Å². The highest BCUT2D eigenvalue weighted by Crippen LogP contribution is 2.13. The van der Waals surface area contributed by atoms with Crippen LogP contribution in [-0.2, 0) is 0 Å². The van der Waals surface area contributed by atoms with Gasteiger partial charge in [-0.25, -0.2) is 4.79 Å². The Hall–Kier alpha value is -2.13. The van der Waals surface area contributed by atoms with Crippen molar-refractivity contribution in [1.82, 2.24) is 10.6 Å². The van der Waals surface area contributed by atoms with Crippen LogP contribution >= 0.6 is 15.9 Å². The molecule has 0 saturated carbocycles. The fourth-order valence-electron chi connectivity index (χ4n) is 1.25. The summed E-state index contributed by atoms with van der Waals surface area (Å²) in [6.45, 7) is 2.23. The number of carbonyl (C=O) groups is 2. The smallest absolute Gasteiger partial charge is 0.318 e. The normalized spacial score (nSPS) is 10.5. The van der Waals surface area contributed by atoms with Crippen molar-refractivity contribution >= 4 is 27.7 Å². The third-order valence-electron chi connectivity index (χ3n) is 2.16. The number of allylic oxidation sites excluding steroid dienone is 1. The highest BCUT2D eigenvalue weighted by atomic mass is 79.9. The number of nitrogens with zero attached hydrogens (tertiary/aromatic N) is 1. The van der Waals surface area contributed by atoms with Crippen LogP contribution in [-0.4, -0.2) is 18.4 Å². The van der Waals surface area contributed by atoms with E-state index < -0.39 is 11.8 Å². The standard InChI is InChI=1S/C13H12BrN3O2/c1-2-16-13(19)17-8-10(7-15)12(18)9-3-5-11(14)6-4-9/h3-6,8H,2H2,1H3,(H2,16,17,19). The first-order chi connectivity index (χ1) is 9.08. The number of halogens is 1. The molecule has 0 bridgehead atoms. The number of ketones is 1. The van der Waals surface area contributed by atoms with E-state index in [4.69, 9.17) is 5.26 Å². The zero-order chi connectivity index (χ0) is 14.3. The van der Waals surface area contributed by atoms with E-state index in [1.807, 2.05) is 0 Å². The fourth-order valence-corrected chi connectivity index (χ4v) is 1.52. The Morgan fingerprint density at radius 2 is 2.00 bits per heavy atom. The molecule has 2 amide bonds.